The molecule has 48 heavy (non-hydrogen) atoms. The topological polar surface area (TPSA) is 26.0 Å². The van der Waals surface area contributed by atoms with Crippen LogP contribution in [0.25, 0.3) is 55.6 Å². The Balaban J connectivity index is 1.13. The highest BCUT2D eigenvalue weighted by Gasteiger charge is 2.18. The molecule has 0 aliphatic carbocycles. The lowest BCUT2D eigenvalue weighted by molar-refractivity contribution is 1.10. The van der Waals surface area contributed by atoms with E-state index in [2.05, 4.69) is 185 Å². The summed E-state index contributed by atoms with van der Waals surface area (Å²) in [5.41, 5.74) is 12.3. The highest BCUT2D eigenvalue weighted by Crippen LogP contribution is 2.38. The minimum absolute atomic E-state index is 0.922. The van der Waals surface area contributed by atoms with Gasteiger partial charge in [-0.1, -0.05) is 78.4 Å². The molecule has 0 radical (unpaired) electrons. The molecule has 0 aliphatic heterocycles. The van der Waals surface area contributed by atoms with Gasteiger partial charge < -0.3 is 9.47 Å². The fourth-order valence-electron chi connectivity index (χ4n) is 6.96. The van der Waals surface area contributed by atoms with Gasteiger partial charge in [0.25, 0.3) is 0 Å². The van der Waals surface area contributed by atoms with E-state index in [1.54, 1.807) is 0 Å². The molecule has 0 unspecified atom stereocenters. The molecule has 2 aromatic heterocycles. The van der Waals surface area contributed by atoms with Crippen molar-refractivity contribution < 1.29 is 0 Å². The monoisotopic (exact) mass is 616 g/mol. The maximum absolute atomic E-state index is 5.08. The maximum atomic E-state index is 5.08. The molecule has 9 aromatic rings. The predicted octanol–water partition coefficient (Wildman–Crippen LogP) is 11.6. The molecule has 0 fully saturated rings. The molecule has 0 N–H and O–H groups in total. The van der Waals surface area contributed by atoms with Gasteiger partial charge in [-0.15, -0.1) is 0 Å². The van der Waals surface area contributed by atoms with Crippen molar-refractivity contribution in [2.75, 3.05) is 4.90 Å². The second kappa shape index (κ2) is 11.4. The van der Waals surface area contributed by atoms with E-state index < -0.39 is 0 Å². The summed E-state index contributed by atoms with van der Waals surface area (Å²) in [5, 5.41) is 2.55. The number of aromatic nitrogens is 3. The number of aryl methyl sites for hydroxylation is 1. The summed E-state index contributed by atoms with van der Waals surface area (Å²) >= 11 is 0. The van der Waals surface area contributed by atoms with Gasteiger partial charge in [-0.3, -0.25) is 4.57 Å². The average molecular weight is 617 g/mol. The van der Waals surface area contributed by atoms with E-state index in [-0.39, 0.29) is 0 Å². The zero-order chi connectivity index (χ0) is 32.0. The summed E-state index contributed by atoms with van der Waals surface area (Å²) < 4.78 is 4.61. The molecule has 7 aromatic carbocycles. The third-order valence-corrected chi connectivity index (χ3v) is 9.17. The van der Waals surface area contributed by atoms with Crippen molar-refractivity contribution in [2.24, 2.45) is 0 Å². The number of anilines is 3. The molecule has 0 saturated carbocycles. The van der Waals surface area contributed by atoms with Crippen molar-refractivity contribution in [1.82, 2.24) is 14.1 Å². The van der Waals surface area contributed by atoms with Gasteiger partial charge in [0.1, 0.15) is 5.82 Å². The Hall–Kier alpha value is -6.39. The van der Waals surface area contributed by atoms with Crippen LogP contribution in [0.15, 0.2) is 176 Å². The van der Waals surface area contributed by atoms with E-state index in [4.69, 9.17) is 4.98 Å². The van der Waals surface area contributed by atoms with Crippen LogP contribution in [0.1, 0.15) is 5.56 Å². The highest BCUT2D eigenvalue weighted by atomic mass is 15.1. The molecule has 0 spiro atoms. The molecule has 2 heterocycles. The quantitative estimate of drug-likeness (QED) is 0.186. The minimum atomic E-state index is 0.922. The zero-order valence-corrected chi connectivity index (χ0v) is 26.5. The number of fused-ring (bicyclic) bond motifs is 4. The number of hydrogen-bond acceptors (Lipinski definition) is 2. The summed E-state index contributed by atoms with van der Waals surface area (Å²) in [5.74, 6) is 0.922. The van der Waals surface area contributed by atoms with Gasteiger partial charge >= 0.3 is 0 Å². The SMILES string of the molecule is Cc1ccc2c(c1)c1ccccc1n2-c1ccc(N(c2ccccc2)c2ccc(-c3nc4ccccc4n3-c3ccccc3)cc2)cc1. The fraction of sp³-hybridized carbons (Fsp3) is 0.0227. The Kier molecular flexibility index (Phi) is 6.65. The molecule has 0 bridgehead atoms. The smallest absolute Gasteiger partial charge is 0.145 e. The molecule has 9 rings (SSSR count). The number of nitrogens with zero attached hydrogens (tertiary/aromatic N) is 4. The number of rotatable bonds is 6. The van der Waals surface area contributed by atoms with Crippen LogP contribution in [0.4, 0.5) is 17.1 Å². The minimum Gasteiger partial charge on any atom is -0.311 e. The second-order valence-electron chi connectivity index (χ2n) is 12.2. The predicted molar refractivity (Wildman–Crippen MR) is 200 cm³/mol. The van der Waals surface area contributed by atoms with Gasteiger partial charge in [-0.05, 0) is 110 Å². The van der Waals surface area contributed by atoms with E-state index in [1.807, 2.05) is 12.1 Å². The van der Waals surface area contributed by atoms with Gasteiger partial charge in [-0.25, -0.2) is 4.98 Å². The number of benzene rings is 7. The van der Waals surface area contributed by atoms with Crippen LogP contribution in [0.3, 0.4) is 0 Å². The van der Waals surface area contributed by atoms with Crippen LogP contribution in [0.5, 0.6) is 0 Å². The maximum Gasteiger partial charge on any atom is 0.145 e. The van der Waals surface area contributed by atoms with Crippen molar-refractivity contribution in [2.45, 2.75) is 6.92 Å². The van der Waals surface area contributed by atoms with Gasteiger partial charge in [0.2, 0.25) is 0 Å². The van der Waals surface area contributed by atoms with E-state index >= 15 is 0 Å². The van der Waals surface area contributed by atoms with Crippen molar-refractivity contribution in [3.63, 3.8) is 0 Å². The largest absolute Gasteiger partial charge is 0.311 e. The molecule has 0 aliphatic rings. The Bertz CT molecular complexity index is 2540. The van der Waals surface area contributed by atoms with Gasteiger partial charge in [0, 0.05) is 44.8 Å². The third kappa shape index (κ3) is 4.66. The number of para-hydroxylation sites is 5. The molecule has 4 heteroatoms. The first-order valence-electron chi connectivity index (χ1n) is 16.3. The lowest BCUT2D eigenvalue weighted by Crippen LogP contribution is -2.10. The zero-order valence-electron chi connectivity index (χ0n) is 26.5. The first kappa shape index (κ1) is 27.9. The fourth-order valence-corrected chi connectivity index (χ4v) is 6.96. The molecular weight excluding hydrogens is 585 g/mol. The van der Waals surface area contributed by atoms with Gasteiger partial charge in [0.15, 0.2) is 0 Å². The Morgan fingerprint density at radius 2 is 1.00 bits per heavy atom. The first-order valence-corrected chi connectivity index (χ1v) is 16.3. The third-order valence-electron chi connectivity index (χ3n) is 9.17. The highest BCUT2D eigenvalue weighted by molar-refractivity contribution is 6.09. The molecule has 4 nitrogen and oxygen atoms in total. The van der Waals surface area contributed by atoms with Crippen LogP contribution in [-0.4, -0.2) is 14.1 Å². The second-order valence-corrected chi connectivity index (χ2v) is 12.2. The van der Waals surface area contributed by atoms with E-state index in [1.165, 1.54) is 27.4 Å². The van der Waals surface area contributed by atoms with Crippen LogP contribution < -0.4 is 4.90 Å². The normalized spacial score (nSPS) is 11.4. The summed E-state index contributed by atoms with van der Waals surface area (Å²) in [7, 11) is 0. The average Bonchev–Trinajstić information content (AvgIpc) is 3.69. The summed E-state index contributed by atoms with van der Waals surface area (Å²) in [6.45, 7) is 2.16. The molecule has 0 saturated heterocycles. The van der Waals surface area contributed by atoms with Crippen LogP contribution >= 0.6 is 0 Å². The van der Waals surface area contributed by atoms with Crippen molar-refractivity contribution in [3.8, 4) is 22.8 Å². The molecular formula is C44H32N4. The summed E-state index contributed by atoms with van der Waals surface area (Å²) in [6.07, 6.45) is 0. The number of imidazole rings is 1. The Labute approximate surface area is 279 Å². The van der Waals surface area contributed by atoms with Crippen LogP contribution in [-0.2, 0) is 0 Å². The standard InChI is InChI=1S/C44H32N4/c1-31-20-29-42-39(30-31)38-16-8-10-18-41(38)47(42)37-27-25-36(26-28-37)46(33-12-4-2-5-13-33)35-23-21-32(22-24-35)44-45-40-17-9-11-19-43(40)48(44)34-14-6-3-7-15-34/h2-30H,1H3. The summed E-state index contributed by atoms with van der Waals surface area (Å²) in [6, 6.07) is 62.4. The lowest BCUT2D eigenvalue weighted by Gasteiger charge is -2.26. The lowest BCUT2D eigenvalue weighted by atomic mass is 10.1. The molecule has 228 valence electrons. The van der Waals surface area contributed by atoms with E-state index in [0.29, 0.717) is 0 Å². The van der Waals surface area contributed by atoms with E-state index in [9.17, 15) is 0 Å². The summed E-state index contributed by atoms with van der Waals surface area (Å²) in [4.78, 5) is 7.39. The van der Waals surface area contributed by atoms with Crippen molar-refractivity contribution in [3.05, 3.63) is 181 Å². The van der Waals surface area contributed by atoms with Crippen molar-refractivity contribution in [1.29, 1.82) is 0 Å². The van der Waals surface area contributed by atoms with Gasteiger partial charge in [-0.2, -0.15) is 0 Å². The molecule has 0 amide bonds. The molecule has 0 atom stereocenters. The van der Waals surface area contributed by atoms with Gasteiger partial charge in [0.05, 0.1) is 22.1 Å². The first-order chi connectivity index (χ1) is 23.7. The van der Waals surface area contributed by atoms with Crippen LogP contribution in [0.2, 0.25) is 0 Å². The Morgan fingerprint density at radius 1 is 0.438 bits per heavy atom. The number of hydrogen-bond donors (Lipinski definition) is 0. The van der Waals surface area contributed by atoms with E-state index in [0.717, 1.165) is 50.9 Å². The van der Waals surface area contributed by atoms with Crippen molar-refractivity contribution >= 4 is 49.9 Å². The van der Waals surface area contributed by atoms with Crippen LogP contribution in [0, 0.1) is 6.92 Å². The Morgan fingerprint density at radius 3 is 1.75 bits per heavy atom.